The van der Waals surface area contributed by atoms with E-state index in [4.69, 9.17) is 16.3 Å². The minimum atomic E-state index is -0.822. The van der Waals surface area contributed by atoms with Crippen LogP contribution in [-0.4, -0.2) is 38.3 Å². The van der Waals surface area contributed by atoms with Gasteiger partial charge in [-0.3, -0.25) is 19.6 Å². The van der Waals surface area contributed by atoms with Crippen LogP contribution in [0.15, 0.2) is 72.7 Å². The van der Waals surface area contributed by atoms with Gasteiger partial charge in [0, 0.05) is 24.2 Å². The van der Waals surface area contributed by atoms with Crippen LogP contribution in [0.1, 0.15) is 29.8 Å². The van der Waals surface area contributed by atoms with Crippen molar-refractivity contribution in [1.82, 2.24) is 14.9 Å². The number of halogens is 1. The third-order valence-corrected chi connectivity index (χ3v) is 5.42. The summed E-state index contributed by atoms with van der Waals surface area (Å²) in [5.74, 6) is -1.43. The lowest BCUT2D eigenvalue weighted by Crippen LogP contribution is -2.29. The highest BCUT2D eigenvalue weighted by Crippen LogP contribution is 2.40. The molecule has 0 radical (unpaired) electrons. The normalized spacial score (nSPS) is 17.6. The van der Waals surface area contributed by atoms with E-state index < -0.39 is 17.7 Å². The van der Waals surface area contributed by atoms with E-state index in [2.05, 4.69) is 9.97 Å². The largest absolute Gasteiger partial charge is 0.507 e. The number of pyridine rings is 2. The van der Waals surface area contributed by atoms with Crippen molar-refractivity contribution in [3.8, 4) is 5.75 Å². The van der Waals surface area contributed by atoms with Gasteiger partial charge in [0.05, 0.1) is 35.5 Å². The van der Waals surface area contributed by atoms with Gasteiger partial charge in [0.2, 0.25) is 0 Å². The van der Waals surface area contributed by atoms with E-state index in [9.17, 15) is 14.7 Å². The molecular formula is C24H20ClN3O4. The van der Waals surface area contributed by atoms with Gasteiger partial charge in [-0.15, -0.1) is 0 Å². The van der Waals surface area contributed by atoms with E-state index in [0.717, 1.165) is 0 Å². The van der Waals surface area contributed by atoms with Crippen LogP contribution in [0.25, 0.3) is 5.76 Å². The number of aliphatic hydroxyl groups excluding tert-OH is 1. The number of carbonyl (C=O) groups excluding carboxylic acids is 2. The fraction of sp³-hybridized carbons (Fsp3) is 0.167. The topological polar surface area (TPSA) is 92.6 Å². The van der Waals surface area contributed by atoms with Crippen LogP contribution < -0.4 is 4.74 Å². The molecule has 1 atom stereocenters. The predicted molar refractivity (Wildman–Crippen MR) is 119 cm³/mol. The van der Waals surface area contributed by atoms with Crippen LogP contribution in [0, 0.1) is 0 Å². The lowest BCUT2D eigenvalue weighted by Gasteiger charge is -2.24. The van der Waals surface area contributed by atoms with Crippen LogP contribution in [0.2, 0.25) is 5.02 Å². The van der Waals surface area contributed by atoms with Crippen molar-refractivity contribution in [3.05, 3.63) is 94.5 Å². The average Bonchev–Trinajstić information content (AvgIpc) is 3.06. The molecule has 1 aromatic carbocycles. The van der Waals surface area contributed by atoms with Crippen molar-refractivity contribution < 1.29 is 19.4 Å². The van der Waals surface area contributed by atoms with Crippen molar-refractivity contribution in [2.75, 3.05) is 6.61 Å². The standard InChI is InChI=1S/C24H20ClN3O4/c1-2-32-19-12-15(8-9-18(19)25)22(29)20-21(16-6-5-10-26-13-16)28(24(31)23(20)30)14-17-7-3-4-11-27-17/h3-13,21,29H,2,14H2,1H3/b22-20-. The Morgan fingerprint density at radius 2 is 2.00 bits per heavy atom. The zero-order chi connectivity index (χ0) is 22.7. The second-order valence-corrected chi connectivity index (χ2v) is 7.52. The van der Waals surface area contributed by atoms with Gasteiger partial charge in [0.25, 0.3) is 11.7 Å². The lowest BCUT2D eigenvalue weighted by atomic mass is 9.96. The lowest BCUT2D eigenvalue weighted by molar-refractivity contribution is -0.140. The number of hydrogen-bond acceptors (Lipinski definition) is 6. The molecule has 0 spiro atoms. The summed E-state index contributed by atoms with van der Waals surface area (Å²) in [5.41, 5.74) is 1.52. The van der Waals surface area contributed by atoms with E-state index in [1.54, 1.807) is 67.1 Å². The van der Waals surface area contributed by atoms with Crippen LogP contribution >= 0.6 is 11.6 Å². The highest BCUT2D eigenvalue weighted by Gasteiger charge is 2.46. The van der Waals surface area contributed by atoms with E-state index in [1.165, 1.54) is 4.90 Å². The number of nitrogens with zero attached hydrogens (tertiary/aromatic N) is 3. The van der Waals surface area contributed by atoms with E-state index in [1.807, 2.05) is 6.92 Å². The van der Waals surface area contributed by atoms with Crippen molar-refractivity contribution in [2.45, 2.75) is 19.5 Å². The molecule has 1 aliphatic rings. The second kappa shape index (κ2) is 9.20. The Labute approximate surface area is 190 Å². The van der Waals surface area contributed by atoms with Gasteiger partial charge in [0.1, 0.15) is 11.5 Å². The van der Waals surface area contributed by atoms with Crippen LogP contribution in [0.3, 0.4) is 0 Å². The molecule has 0 saturated carbocycles. The molecule has 4 rings (SSSR count). The van der Waals surface area contributed by atoms with E-state index in [-0.39, 0.29) is 17.9 Å². The molecule has 2 aromatic heterocycles. The highest BCUT2D eigenvalue weighted by molar-refractivity contribution is 6.46. The third kappa shape index (κ3) is 4.07. The number of aromatic nitrogens is 2. The molecule has 1 amide bonds. The minimum absolute atomic E-state index is 0.0243. The number of ketones is 1. The van der Waals surface area contributed by atoms with Gasteiger partial charge < -0.3 is 14.7 Å². The first-order valence-electron chi connectivity index (χ1n) is 10.0. The van der Waals surface area contributed by atoms with Gasteiger partial charge >= 0.3 is 0 Å². The summed E-state index contributed by atoms with van der Waals surface area (Å²) in [6, 6.07) is 12.7. The molecule has 162 valence electrons. The molecule has 3 aromatic rings. The Hall–Kier alpha value is -3.71. The van der Waals surface area contributed by atoms with E-state index in [0.29, 0.717) is 34.2 Å². The molecule has 1 saturated heterocycles. The van der Waals surface area contributed by atoms with Crippen molar-refractivity contribution >= 4 is 29.1 Å². The Balaban J connectivity index is 1.85. The SMILES string of the molecule is CCOc1cc(/C(O)=C2/C(=O)C(=O)N(Cc3ccccn3)C2c2cccnc2)ccc1Cl. The van der Waals surface area contributed by atoms with Crippen LogP contribution in [0.4, 0.5) is 0 Å². The first kappa shape index (κ1) is 21.5. The molecule has 3 heterocycles. The molecule has 1 fully saturated rings. The van der Waals surface area contributed by atoms with Crippen LogP contribution in [0.5, 0.6) is 5.75 Å². The zero-order valence-electron chi connectivity index (χ0n) is 17.2. The summed E-state index contributed by atoms with van der Waals surface area (Å²) in [6.45, 7) is 2.30. The molecule has 32 heavy (non-hydrogen) atoms. The number of benzene rings is 1. The van der Waals surface area contributed by atoms with Gasteiger partial charge in [-0.25, -0.2) is 0 Å². The fourth-order valence-electron chi connectivity index (χ4n) is 3.67. The number of hydrogen-bond donors (Lipinski definition) is 1. The van der Waals surface area contributed by atoms with Gasteiger partial charge in [-0.1, -0.05) is 23.7 Å². The molecule has 8 heteroatoms. The number of aliphatic hydroxyl groups is 1. The molecule has 7 nitrogen and oxygen atoms in total. The maximum absolute atomic E-state index is 13.1. The second-order valence-electron chi connectivity index (χ2n) is 7.11. The smallest absolute Gasteiger partial charge is 0.296 e. The number of ether oxygens (including phenoxy) is 1. The molecule has 1 aliphatic heterocycles. The number of likely N-dealkylation sites (tertiary alicyclic amines) is 1. The Morgan fingerprint density at radius 1 is 1.16 bits per heavy atom. The first-order valence-corrected chi connectivity index (χ1v) is 10.4. The molecule has 0 bridgehead atoms. The monoisotopic (exact) mass is 449 g/mol. The fourth-order valence-corrected chi connectivity index (χ4v) is 3.84. The average molecular weight is 450 g/mol. The van der Waals surface area contributed by atoms with Gasteiger partial charge in [-0.05, 0) is 48.9 Å². The quantitative estimate of drug-likeness (QED) is 0.345. The van der Waals surface area contributed by atoms with Crippen molar-refractivity contribution in [3.63, 3.8) is 0 Å². The summed E-state index contributed by atoms with van der Waals surface area (Å²) in [4.78, 5) is 35.9. The number of rotatable bonds is 6. The highest BCUT2D eigenvalue weighted by atomic mass is 35.5. The predicted octanol–water partition coefficient (Wildman–Crippen LogP) is 4.15. The summed E-state index contributed by atoms with van der Waals surface area (Å²) >= 11 is 6.16. The maximum Gasteiger partial charge on any atom is 0.296 e. The summed E-state index contributed by atoms with van der Waals surface area (Å²) in [6.07, 6.45) is 4.79. The van der Waals surface area contributed by atoms with Crippen molar-refractivity contribution in [2.24, 2.45) is 0 Å². The molecular weight excluding hydrogens is 430 g/mol. The maximum atomic E-state index is 13.1. The summed E-state index contributed by atoms with van der Waals surface area (Å²) < 4.78 is 5.50. The molecule has 0 aliphatic carbocycles. The van der Waals surface area contributed by atoms with Gasteiger partial charge in [0.15, 0.2) is 0 Å². The van der Waals surface area contributed by atoms with Crippen LogP contribution in [-0.2, 0) is 16.1 Å². The zero-order valence-corrected chi connectivity index (χ0v) is 18.0. The Bertz CT molecular complexity index is 1180. The number of amides is 1. The third-order valence-electron chi connectivity index (χ3n) is 5.10. The number of carbonyl (C=O) groups is 2. The van der Waals surface area contributed by atoms with Crippen molar-refractivity contribution in [1.29, 1.82) is 0 Å². The van der Waals surface area contributed by atoms with E-state index >= 15 is 0 Å². The Kier molecular flexibility index (Phi) is 6.18. The Morgan fingerprint density at radius 3 is 2.69 bits per heavy atom. The molecule has 1 N–H and O–H groups in total. The minimum Gasteiger partial charge on any atom is -0.507 e. The van der Waals surface area contributed by atoms with Gasteiger partial charge in [-0.2, -0.15) is 0 Å². The first-order chi connectivity index (χ1) is 15.5. The summed E-state index contributed by atoms with van der Waals surface area (Å²) in [5, 5.41) is 11.5. The number of Topliss-reactive ketones (excluding diaryl/α,β-unsaturated/α-hetero) is 1. The summed E-state index contributed by atoms with van der Waals surface area (Å²) in [7, 11) is 0. The molecule has 1 unspecified atom stereocenters.